The second kappa shape index (κ2) is 9.24. The summed E-state index contributed by atoms with van der Waals surface area (Å²) < 4.78 is 68.9. The molecule has 1 heterocycles. The Morgan fingerprint density at radius 3 is 2.26 bits per heavy atom. The van der Waals surface area contributed by atoms with E-state index in [0.29, 0.717) is 5.56 Å². The van der Waals surface area contributed by atoms with E-state index in [1.807, 2.05) is 37.3 Å². The third kappa shape index (κ3) is 5.08. The van der Waals surface area contributed by atoms with E-state index in [9.17, 15) is 26.7 Å². The number of carbonyl (C=O) groups is 1. The molecule has 3 aromatic carbocycles. The summed E-state index contributed by atoms with van der Waals surface area (Å²) in [5, 5.41) is 0. The first kappa shape index (κ1) is 23.4. The Bertz CT molecular complexity index is 1210. The van der Waals surface area contributed by atoms with E-state index in [4.69, 9.17) is 0 Å². The van der Waals surface area contributed by atoms with Gasteiger partial charge < -0.3 is 4.74 Å². The van der Waals surface area contributed by atoms with Gasteiger partial charge in [0.05, 0.1) is 12.1 Å². The van der Waals surface area contributed by atoms with Gasteiger partial charge in [0.25, 0.3) is 5.91 Å². The van der Waals surface area contributed by atoms with Crippen LogP contribution in [0.2, 0.25) is 0 Å². The van der Waals surface area contributed by atoms with Crippen molar-refractivity contribution in [2.45, 2.75) is 31.8 Å². The lowest BCUT2D eigenvalue weighted by atomic mass is 10.0. The largest absolute Gasteiger partial charge is 0.573 e. The molecule has 0 N–H and O–H groups in total. The lowest BCUT2D eigenvalue weighted by molar-refractivity contribution is -0.274. The molecule has 0 bridgehead atoms. The van der Waals surface area contributed by atoms with Crippen molar-refractivity contribution >= 4 is 17.3 Å². The van der Waals surface area contributed by atoms with E-state index in [1.165, 1.54) is 23.1 Å². The molecule has 0 radical (unpaired) electrons. The topological polar surface area (TPSA) is 41.9 Å². The number of rotatable bonds is 5. The van der Waals surface area contributed by atoms with Crippen molar-refractivity contribution in [3.63, 3.8) is 0 Å². The molecule has 1 aliphatic rings. The molecule has 2 atom stereocenters. The van der Waals surface area contributed by atoms with Crippen LogP contribution in [0.5, 0.6) is 5.75 Å². The van der Waals surface area contributed by atoms with E-state index in [-0.39, 0.29) is 23.9 Å². The Labute approximate surface area is 192 Å². The van der Waals surface area contributed by atoms with Gasteiger partial charge in [-0.3, -0.25) is 14.7 Å². The normalized spacial score (nSPS) is 18.4. The first-order valence-electron chi connectivity index (χ1n) is 10.4. The van der Waals surface area contributed by atoms with Gasteiger partial charge in [-0.1, -0.05) is 36.4 Å². The number of alkyl halides is 3. The van der Waals surface area contributed by atoms with Crippen molar-refractivity contribution in [3.8, 4) is 5.75 Å². The van der Waals surface area contributed by atoms with Crippen LogP contribution in [0.25, 0.3) is 0 Å². The number of anilines is 1. The fraction of sp³-hybridized carbons (Fsp3) is 0.200. The Morgan fingerprint density at radius 2 is 1.65 bits per heavy atom. The summed E-state index contributed by atoms with van der Waals surface area (Å²) in [7, 11) is 0. The van der Waals surface area contributed by atoms with Crippen molar-refractivity contribution < 1.29 is 31.5 Å². The molecule has 1 saturated heterocycles. The zero-order valence-electron chi connectivity index (χ0n) is 17.9. The second-order valence-electron chi connectivity index (χ2n) is 7.77. The molecule has 3 aromatic rings. The molecule has 9 heteroatoms. The van der Waals surface area contributed by atoms with Crippen molar-refractivity contribution in [2.75, 3.05) is 4.90 Å². The highest BCUT2D eigenvalue weighted by Crippen LogP contribution is 2.38. The van der Waals surface area contributed by atoms with Crippen LogP contribution in [-0.4, -0.2) is 18.0 Å². The van der Waals surface area contributed by atoms with Crippen LogP contribution in [0, 0.1) is 11.6 Å². The van der Waals surface area contributed by atoms with Gasteiger partial charge >= 0.3 is 6.36 Å². The predicted molar refractivity (Wildman–Crippen MR) is 117 cm³/mol. The quantitative estimate of drug-likeness (QED) is 0.394. The monoisotopic (exact) mass is 474 g/mol. The molecule has 0 spiro atoms. The summed E-state index contributed by atoms with van der Waals surface area (Å²) >= 11 is 0. The maximum Gasteiger partial charge on any atom is 0.573 e. The molecule has 0 unspecified atom stereocenters. The molecule has 1 fully saturated rings. The Morgan fingerprint density at radius 1 is 0.971 bits per heavy atom. The molecular weight excluding hydrogens is 455 g/mol. The zero-order valence-corrected chi connectivity index (χ0v) is 17.9. The Kier molecular flexibility index (Phi) is 6.37. The minimum Gasteiger partial charge on any atom is -0.406 e. The molecular formula is C25H19F5N2O2. The van der Waals surface area contributed by atoms with Gasteiger partial charge in [-0.05, 0) is 54.4 Å². The smallest absolute Gasteiger partial charge is 0.406 e. The van der Waals surface area contributed by atoms with Gasteiger partial charge in [0.1, 0.15) is 11.5 Å². The molecule has 0 aliphatic carbocycles. The van der Waals surface area contributed by atoms with Gasteiger partial charge in [0, 0.05) is 12.1 Å². The number of carbonyl (C=O) groups excluding carboxylic acids is 1. The molecule has 4 nitrogen and oxygen atoms in total. The number of halogens is 5. The number of hydrogen-bond donors (Lipinski definition) is 0. The lowest BCUT2D eigenvalue weighted by Crippen LogP contribution is -2.29. The summed E-state index contributed by atoms with van der Waals surface area (Å²) in [5.41, 5.74) is 1.72. The summed E-state index contributed by atoms with van der Waals surface area (Å²) in [4.78, 5) is 19.2. The standard InChI is InChI=1S/C25H19F5N2O2/c1-15(16-5-3-2-4-6-16)31-22-14-23(17-7-12-20(26)21(27)13-17)32(24(22)33)18-8-10-19(11-9-18)34-25(28,29)30/h2-13,15,23H,14H2,1H3/t15-,23-/m1/s1. The highest BCUT2D eigenvalue weighted by molar-refractivity contribution is 6.46. The van der Waals surface area contributed by atoms with Crippen molar-refractivity contribution in [1.82, 2.24) is 0 Å². The Hall–Kier alpha value is -3.75. The fourth-order valence-corrected chi connectivity index (χ4v) is 3.88. The average Bonchev–Trinajstić information content (AvgIpc) is 3.11. The van der Waals surface area contributed by atoms with Gasteiger partial charge in [0.15, 0.2) is 11.6 Å². The van der Waals surface area contributed by atoms with Gasteiger partial charge in [-0.2, -0.15) is 0 Å². The SMILES string of the molecule is C[C@@H](N=C1C[C@H](c2ccc(F)c(F)c2)N(c2ccc(OC(F)(F)F)cc2)C1=O)c1ccccc1. The maximum absolute atomic E-state index is 14.0. The highest BCUT2D eigenvalue weighted by atomic mass is 19.4. The van der Waals surface area contributed by atoms with E-state index in [2.05, 4.69) is 9.73 Å². The molecule has 0 aromatic heterocycles. The lowest BCUT2D eigenvalue weighted by Gasteiger charge is -2.25. The summed E-state index contributed by atoms with van der Waals surface area (Å²) in [5.74, 6) is -3.01. The predicted octanol–water partition coefficient (Wildman–Crippen LogP) is 6.54. The highest BCUT2D eigenvalue weighted by Gasteiger charge is 2.39. The van der Waals surface area contributed by atoms with Gasteiger partial charge in [-0.15, -0.1) is 13.2 Å². The van der Waals surface area contributed by atoms with Crippen molar-refractivity contribution in [2.24, 2.45) is 4.99 Å². The number of ether oxygens (including phenoxy) is 1. The fourth-order valence-electron chi connectivity index (χ4n) is 3.88. The van der Waals surface area contributed by atoms with E-state index < -0.39 is 35.7 Å². The number of nitrogens with zero attached hydrogens (tertiary/aromatic N) is 2. The third-order valence-corrected chi connectivity index (χ3v) is 5.47. The van der Waals surface area contributed by atoms with Crippen LogP contribution in [0.3, 0.4) is 0 Å². The maximum atomic E-state index is 14.0. The van der Waals surface area contributed by atoms with Crippen molar-refractivity contribution in [1.29, 1.82) is 0 Å². The first-order valence-corrected chi connectivity index (χ1v) is 10.4. The van der Waals surface area contributed by atoms with Crippen LogP contribution in [0.15, 0.2) is 77.8 Å². The molecule has 1 amide bonds. The molecule has 4 rings (SSSR count). The zero-order chi connectivity index (χ0) is 24.5. The Balaban J connectivity index is 1.71. The summed E-state index contributed by atoms with van der Waals surface area (Å²) in [6.45, 7) is 1.83. The van der Waals surface area contributed by atoms with Gasteiger partial charge in [0.2, 0.25) is 0 Å². The molecule has 0 saturated carbocycles. The van der Waals surface area contributed by atoms with E-state index in [0.717, 1.165) is 29.8 Å². The van der Waals surface area contributed by atoms with Crippen molar-refractivity contribution in [3.05, 3.63) is 95.6 Å². The number of hydrogen-bond acceptors (Lipinski definition) is 3. The van der Waals surface area contributed by atoms with Crippen LogP contribution < -0.4 is 9.64 Å². The van der Waals surface area contributed by atoms with Crippen LogP contribution >= 0.6 is 0 Å². The first-order chi connectivity index (χ1) is 16.1. The number of amides is 1. The van der Waals surface area contributed by atoms with E-state index >= 15 is 0 Å². The average molecular weight is 474 g/mol. The second-order valence-corrected chi connectivity index (χ2v) is 7.77. The van der Waals surface area contributed by atoms with Crippen LogP contribution in [0.1, 0.15) is 36.6 Å². The summed E-state index contributed by atoms with van der Waals surface area (Å²) in [6.07, 6.45) is -4.74. The third-order valence-electron chi connectivity index (χ3n) is 5.47. The minimum atomic E-state index is -4.85. The van der Waals surface area contributed by atoms with Gasteiger partial charge in [-0.25, -0.2) is 8.78 Å². The minimum absolute atomic E-state index is 0.113. The van der Waals surface area contributed by atoms with Crippen LogP contribution in [0.4, 0.5) is 27.6 Å². The molecule has 176 valence electrons. The molecule has 34 heavy (non-hydrogen) atoms. The molecule has 1 aliphatic heterocycles. The summed E-state index contributed by atoms with van der Waals surface area (Å²) in [6, 6.07) is 16.4. The number of benzene rings is 3. The van der Waals surface area contributed by atoms with E-state index in [1.54, 1.807) is 0 Å². The van der Waals surface area contributed by atoms with Crippen LogP contribution in [-0.2, 0) is 4.79 Å². The number of aliphatic imine (C=N–C) groups is 1.